The summed E-state index contributed by atoms with van der Waals surface area (Å²) in [7, 11) is 2.10. The van der Waals surface area contributed by atoms with Gasteiger partial charge in [0.15, 0.2) is 5.84 Å². The topological polar surface area (TPSA) is 61.8 Å². The highest BCUT2D eigenvalue weighted by atomic mass is 35.5. The van der Waals surface area contributed by atoms with E-state index in [9.17, 15) is 0 Å². The third-order valence-electron chi connectivity index (χ3n) is 4.10. The fourth-order valence-corrected chi connectivity index (χ4v) is 3.17. The van der Waals surface area contributed by atoms with Crippen molar-refractivity contribution in [3.63, 3.8) is 0 Å². The first-order valence-electron chi connectivity index (χ1n) is 7.13. The third-order valence-corrected chi connectivity index (χ3v) is 4.41. The number of nitrogens with zero attached hydrogens (tertiary/aromatic N) is 2. The zero-order valence-electron chi connectivity index (χ0n) is 11.8. The summed E-state index contributed by atoms with van der Waals surface area (Å²) >= 11 is 6.35. The van der Waals surface area contributed by atoms with E-state index in [1.807, 2.05) is 12.1 Å². The monoisotopic (exact) mass is 295 g/mol. The molecule has 4 nitrogen and oxygen atoms in total. The van der Waals surface area contributed by atoms with Crippen LogP contribution in [0.2, 0.25) is 5.02 Å². The second kappa shape index (κ2) is 6.84. The van der Waals surface area contributed by atoms with Gasteiger partial charge in [-0.2, -0.15) is 0 Å². The molecular formula is C15H22ClN3O. The highest BCUT2D eigenvalue weighted by Gasteiger charge is 2.19. The molecule has 0 saturated heterocycles. The Kier molecular flexibility index (Phi) is 5.12. The molecular weight excluding hydrogens is 274 g/mol. The van der Waals surface area contributed by atoms with Crippen molar-refractivity contribution < 1.29 is 5.21 Å². The molecule has 1 aromatic rings. The van der Waals surface area contributed by atoms with Crippen LogP contribution in [0.3, 0.4) is 0 Å². The molecule has 0 atom stereocenters. The number of amidine groups is 1. The van der Waals surface area contributed by atoms with Crippen molar-refractivity contribution in [3.05, 3.63) is 28.8 Å². The predicted octanol–water partition coefficient (Wildman–Crippen LogP) is 3.59. The summed E-state index contributed by atoms with van der Waals surface area (Å²) in [6, 6.07) is 6.08. The van der Waals surface area contributed by atoms with Crippen molar-refractivity contribution >= 4 is 23.1 Å². The summed E-state index contributed by atoms with van der Waals surface area (Å²) in [6.45, 7) is 0. The van der Waals surface area contributed by atoms with Gasteiger partial charge in [-0.1, -0.05) is 42.4 Å². The smallest absolute Gasteiger partial charge is 0.170 e. The highest BCUT2D eigenvalue weighted by molar-refractivity contribution is 6.33. The predicted molar refractivity (Wildman–Crippen MR) is 83.9 cm³/mol. The van der Waals surface area contributed by atoms with Gasteiger partial charge < -0.3 is 15.8 Å². The summed E-state index contributed by atoms with van der Waals surface area (Å²) in [5.74, 6) is 0.0792. The summed E-state index contributed by atoms with van der Waals surface area (Å²) in [4.78, 5) is 2.27. The first-order valence-corrected chi connectivity index (χ1v) is 7.51. The minimum Gasteiger partial charge on any atom is -0.409 e. The normalized spacial score (nSPS) is 17.8. The molecule has 1 aliphatic carbocycles. The Morgan fingerprint density at radius 1 is 1.30 bits per heavy atom. The number of benzene rings is 1. The number of hydrogen-bond acceptors (Lipinski definition) is 3. The third kappa shape index (κ3) is 3.37. The number of nitrogens with two attached hydrogens (primary N) is 1. The molecule has 3 N–H and O–H groups in total. The van der Waals surface area contributed by atoms with E-state index in [-0.39, 0.29) is 5.84 Å². The molecule has 0 bridgehead atoms. The molecule has 0 aliphatic heterocycles. The second-order valence-electron chi connectivity index (χ2n) is 5.41. The lowest BCUT2D eigenvalue weighted by Gasteiger charge is -2.30. The average molecular weight is 296 g/mol. The van der Waals surface area contributed by atoms with Gasteiger partial charge >= 0.3 is 0 Å². The van der Waals surface area contributed by atoms with Crippen molar-refractivity contribution in [1.82, 2.24) is 0 Å². The van der Waals surface area contributed by atoms with E-state index in [1.54, 1.807) is 6.07 Å². The van der Waals surface area contributed by atoms with Gasteiger partial charge in [-0.15, -0.1) is 0 Å². The molecule has 0 unspecified atom stereocenters. The van der Waals surface area contributed by atoms with Crippen molar-refractivity contribution in [2.24, 2.45) is 10.9 Å². The van der Waals surface area contributed by atoms with E-state index in [1.165, 1.54) is 38.5 Å². The largest absolute Gasteiger partial charge is 0.409 e. The molecule has 0 heterocycles. The Morgan fingerprint density at radius 2 is 1.95 bits per heavy atom. The molecule has 1 fully saturated rings. The van der Waals surface area contributed by atoms with Crippen LogP contribution >= 0.6 is 11.6 Å². The van der Waals surface area contributed by atoms with E-state index in [0.717, 1.165) is 5.69 Å². The lowest BCUT2D eigenvalue weighted by atomic mass is 10.1. The van der Waals surface area contributed by atoms with Crippen LogP contribution in [0.4, 0.5) is 5.69 Å². The van der Waals surface area contributed by atoms with Crippen LogP contribution in [-0.4, -0.2) is 24.1 Å². The van der Waals surface area contributed by atoms with E-state index in [0.29, 0.717) is 16.6 Å². The van der Waals surface area contributed by atoms with E-state index >= 15 is 0 Å². The Hall–Kier alpha value is -1.42. The highest BCUT2D eigenvalue weighted by Crippen LogP contribution is 2.31. The fraction of sp³-hybridized carbons (Fsp3) is 0.533. The van der Waals surface area contributed by atoms with Gasteiger partial charge in [-0.05, 0) is 31.0 Å². The second-order valence-corrected chi connectivity index (χ2v) is 5.81. The van der Waals surface area contributed by atoms with E-state index in [2.05, 4.69) is 17.1 Å². The quantitative estimate of drug-likeness (QED) is 0.294. The van der Waals surface area contributed by atoms with Gasteiger partial charge in [-0.3, -0.25) is 0 Å². The first-order chi connectivity index (χ1) is 9.63. The average Bonchev–Trinajstić information content (AvgIpc) is 2.74. The van der Waals surface area contributed by atoms with Crippen molar-refractivity contribution in [3.8, 4) is 0 Å². The Morgan fingerprint density at radius 3 is 2.50 bits per heavy atom. The number of halogens is 1. The molecule has 20 heavy (non-hydrogen) atoms. The Balaban J connectivity index is 2.19. The van der Waals surface area contributed by atoms with E-state index < -0.39 is 0 Å². The molecule has 0 radical (unpaired) electrons. The van der Waals surface area contributed by atoms with Crippen LogP contribution in [0.25, 0.3) is 0 Å². The van der Waals surface area contributed by atoms with Crippen molar-refractivity contribution in [2.75, 3.05) is 11.9 Å². The standard InChI is InChI=1S/C15H22ClN3O/c1-19(12-6-4-2-3-5-7-12)14-9-8-11(10-13(14)16)15(17)18-20/h8-10,12,20H,2-7H2,1H3,(H2,17,18). The van der Waals surface area contributed by atoms with Gasteiger partial charge in [0.05, 0.1) is 10.7 Å². The molecule has 0 amide bonds. The number of hydrogen-bond donors (Lipinski definition) is 2. The molecule has 1 aliphatic rings. The lowest BCUT2D eigenvalue weighted by molar-refractivity contribution is 0.318. The summed E-state index contributed by atoms with van der Waals surface area (Å²) < 4.78 is 0. The molecule has 5 heteroatoms. The van der Waals surface area contributed by atoms with Crippen molar-refractivity contribution in [1.29, 1.82) is 0 Å². The van der Waals surface area contributed by atoms with Crippen LogP contribution in [0.15, 0.2) is 23.4 Å². The van der Waals surface area contributed by atoms with Crippen molar-refractivity contribution in [2.45, 2.75) is 44.6 Å². The SMILES string of the molecule is CN(c1ccc(C(N)=NO)cc1Cl)C1CCCCCC1. The van der Waals surface area contributed by atoms with E-state index in [4.69, 9.17) is 22.5 Å². The van der Waals surface area contributed by atoms with Gasteiger partial charge in [0.25, 0.3) is 0 Å². The number of rotatable bonds is 3. The fourth-order valence-electron chi connectivity index (χ4n) is 2.85. The van der Waals surface area contributed by atoms with Gasteiger partial charge in [0.1, 0.15) is 0 Å². The van der Waals surface area contributed by atoms with Gasteiger partial charge in [-0.25, -0.2) is 0 Å². The minimum absolute atomic E-state index is 0.0792. The Labute approximate surface area is 125 Å². The maximum Gasteiger partial charge on any atom is 0.170 e. The number of anilines is 1. The molecule has 0 spiro atoms. The van der Waals surface area contributed by atoms with Crippen LogP contribution in [0.1, 0.15) is 44.1 Å². The Bertz CT molecular complexity index is 482. The minimum atomic E-state index is 0.0792. The summed E-state index contributed by atoms with van der Waals surface area (Å²) in [6.07, 6.45) is 7.67. The van der Waals surface area contributed by atoms with Gasteiger partial charge in [0.2, 0.25) is 0 Å². The molecule has 1 saturated carbocycles. The van der Waals surface area contributed by atoms with Crippen LogP contribution in [0, 0.1) is 0 Å². The van der Waals surface area contributed by atoms with Crippen LogP contribution < -0.4 is 10.6 Å². The maximum atomic E-state index is 8.70. The van der Waals surface area contributed by atoms with Crippen LogP contribution in [-0.2, 0) is 0 Å². The lowest BCUT2D eigenvalue weighted by Crippen LogP contribution is -2.31. The van der Waals surface area contributed by atoms with Gasteiger partial charge in [0, 0.05) is 18.7 Å². The molecule has 0 aromatic heterocycles. The summed E-state index contributed by atoms with van der Waals surface area (Å²) in [5, 5.41) is 12.3. The molecule has 2 rings (SSSR count). The zero-order valence-corrected chi connectivity index (χ0v) is 12.6. The first kappa shape index (κ1) is 15.0. The van der Waals surface area contributed by atoms with Crippen LogP contribution in [0.5, 0.6) is 0 Å². The molecule has 110 valence electrons. The number of oxime groups is 1. The maximum absolute atomic E-state index is 8.70. The molecule has 1 aromatic carbocycles. The summed E-state index contributed by atoms with van der Waals surface area (Å²) in [5.41, 5.74) is 7.22. The zero-order chi connectivity index (χ0) is 14.5.